The first-order chi connectivity index (χ1) is 8.80. The van der Waals surface area contributed by atoms with Crippen molar-refractivity contribution in [2.45, 2.75) is 12.3 Å². The minimum absolute atomic E-state index is 0.154. The zero-order chi connectivity index (χ0) is 14.2. The predicted octanol–water partition coefficient (Wildman–Crippen LogP) is 5.37. The van der Waals surface area contributed by atoms with Gasteiger partial charge in [-0.2, -0.15) is 13.2 Å². The molecule has 0 aliphatic heterocycles. The first-order valence-electron chi connectivity index (χ1n) is 5.08. The number of hydrogen-bond donors (Lipinski definition) is 1. The lowest BCUT2D eigenvalue weighted by atomic mass is 10.0. The maximum absolute atomic E-state index is 13.0. The molecule has 102 valence electrons. The van der Waals surface area contributed by atoms with Gasteiger partial charge >= 0.3 is 6.18 Å². The van der Waals surface area contributed by atoms with Crippen LogP contribution < -0.4 is 0 Å². The second kappa shape index (κ2) is 5.55. The molecule has 0 aliphatic carbocycles. The lowest BCUT2D eigenvalue weighted by Gasteiger charge is -2.17. The minimum atomic E-state index is -4.51. The van der Waals surface area contributed by atoms with Crippen molar-refractivity contribution in [1.82, 2.24) is 0 Å². The fraction of sp³-hybridized carbons (Fsp3) is 0.167. The van der Waals surface area contributed by atoms with Crippen LogP contribution in [0.4, 0.5) is 13.2 Å². The molecular weight excluding hydrogens is 409 g/mol. The van der Waals surface area contributed by atoms with Gasteiger partial charge in [-0.15, -0.1) is 11.3 Å². The molecule has 0 saturated heterocycles. The number of alkyl halides is 3. The zero-order valence-corrected chi connectivity index (χ0v) is 13.2. The largest absolute Gasteiger partial charge is 0.416 e. The fourth-order valence-corrected chi connectivity index (χ4v) is 3.61. The molecule has 1 aromatic carbocycles. The van der Waals surface area contributed by atoms with Crippen molar-refractivity contribution in [2.24, 2.45) is 0 Å². The van der Waals surface area contributed by atoms with Gasteiger partial charge in [0, 0.05) is 8.95 Å². The van der Waals surface area contributed by atoms with Gasteiger partial charge in [0.2, 0.25) is 0 Å². The number of aliphatic hydroxyl groups is 1. The molecule has 1 heterocycles. The summed E-state index contributed by atoms with van der Waals surface area (Å²) in [6.45, 7) is 0. The molecular formula is C12H7Br2F3OS. The van der Waals surface area contributed by atoms with Crippen molar-refractivity contribution in [1.29, 1.82) is 0 Å². The number of aliphatic hydroxyl groups excluding tert-OH is 1. The first kappa shape index (κ1) is 15.0. The van der Waals surface area contributed by atoms with Crippen LogP contribution in [0.25, 0.3) is 0 Å². The number of hydrogen-bond acceptors (Lipinski definition) is 2. The van der Waals surface area contributed by atoms with Crippen LogP contribution in [0, 0.1) is 0 Å². The van der Waals surface area contributed by atoms with Gasteiger partial charge in [-0.3, -0.25) is 0 Å². The van der Waals surface area contributed by atoms with E-state index in [1.54, 1.807) is 11.4 Å². The molecule has 1 N–H and O–H groups in total. The molecule has 1 unspecified atom stereocenters. The van der Waals surface area contributed by atoms with Crippen molar-refractivity contribution >= 4 is 43.2 Å². The molecule has 0 bridgehead atoms. The molecule has 2 aromatic rings. The summed E-state index contributed by atoms with van der Waals surface area (Å²) in [4.78, 5) is 0.452. The molecule has 1 nitrogen and oxygen atoms in total. The van der Waals surface area contributed by atoms with Crippen molar-refractivity contribution in [3.8, 4) is 0 Å². The number of rotatable bonds is 2. The molecule has 1 atom stereocenters. The van der Waals surface area contributed by atoms with Crippen LogP contribution in [0.1, 0.15) is 22.1 Å². The van der Waals surface area contributed by atoms with Crippen molar-refractivity contribution in [3.05, 3.63) is 54.6 Å². The average Bonchev–Trinajstić information content (AvgIpc) is 2.73. The van der Waals surface area contributed by atoms with E-state index in [-0.39, 0.29) is 5.56 Å². The maximum atomic E-state index is 13.0. The smallest absolute Gasteiger partial charge is 0.383 e. The van der Waals surface area contributed by atoms with E-state index in [1.807, 2.05) is 0 Å². The highest BCUT2D eigenvalue weighted by atomic mass is 79.9. The topological polar surface area (TPSA) is 20.2 Å². The van der Waals surface area contributed by atoms with Crippen LogP contribution >= 0.6 is 43.2 Å². The molecule has 0 fully saturated rings. The Morgan fingerprint density at radius 1 is 1.16 bits per heavy atom. The van der Waals surface area contributed by atoms with Gasteiger partial charge in [-0.1, -0.05) is 22.0 Å². The van der Waals surface area contributed by atoms with Crippen molar-refractivity contribution < 1.29 is 18.3 Å². The van der Waals surface area contributed by atoms with E-state index in [9.17, 15) is 18.3 Å². The summed E-state index contributed by atoms with van der Waals surface area (Å²) in [7, 11) is 0. The maximum Gasteiger partial charge on any atom is 0.416 e. The third kappa shape index (κ3) is 3.21. The Morgan fingerprint density at radius 3 is 2.37 bits per heavy atom. The zero-order valence-electron chi connectivity index (χ0n) is 9.21. The van der Waals surface area contributed by atoms with Gasteiger partial charge in [0.1, 0.15) is 6.10 Å². The second-order valence-electron chi connectivity index (χ2n) is 3.76. The molecule has 2 rings (SSSR count). The van der Waals surface area contributed by atoms with E-state index in [0.717, 1.165) is 6.07 Å². The molecule has 19 heavy (non-hydrogen) atoms. The summed E-state index contributed by atoms with van der Waals surface area (Å²) in [5.41, 5.74) is -0.992. The second-order valence-corrected chi connectivity index (χ2v) is 6.48. The monoisotopic (exact) mass is 414 g/mol. The lowest BCUT2D eigenvalue weighted by molar-refractivity contribution is -0.139. The summed E-state index contributed by atoms with van der Waals surface area (Å²) >= 11 is 7.43. The van der Waals surface area contributed by atoms with Crippen LogP contribution in [-0.2, 0) is 6.18 Å². The van der Waals surface area contributed by atoms with E-state index in [2.05, 4.69) is 31.9 Å². The minimum Gasteiger partial charge on any atom is -0.383 e. The lowest BCUT2D eigenvalue weighted by Crippen LogP contribution is -2.12. The summed E-state index contributed by atoms with van der Waals surface area (Å²) in [5.74, 6) is 0. The fourth-order valence-electron chi connectivity index (χ4n) is 1.65. The molecule has 0 radical (unpaired) electrons. The van der Waals surface area contributed by atoms with Gasteiger partial charge in [0.05, 0.1) is 10.4 Å². The quantitative estimate of drug-likeness (QED) is 0.698. The molecule has 0 spiro atoms. The normalized spacial score (nSPS) is 13.6. The summed E-state index contributed by atoms with van der Waals surface area (Å²) < 4.78 is 39.9. The van der Waals surface area contributed by atoms with Crippen LogP contribution in [0.15, 0.2) is 38.6 Å². The Kier molecular flexibility index (Phi) is 4.39. The Bertz CT molecular complexity index is 595. The van der Waals surface area contributed by atoms with E-state index in [4.69, 9.17) is 0 Å². The molecule has 0 amide bonds. The first-order valence-corrected chi connectivity index (χ1v) is 7.55. The standard InChI is InChI=1S/C12H7Br2F3OS/c13-6-1-2-7(8(5-6)12(15,16)17)10(18)11-9(14)3-4-19-11/h1-5,10,18H. The highest BCUT2D eigenvalue weighted by molar-refractivity contribution is 9.10. The van der Waals surface area contributed by atoms with E-state index in [0.29, 0.717) is 13.8 Å². The van der Waals surface area contributed by atoms with Crippen LogP contribution in [0.2, 0.25) is 0 Å². The van der Waals surface area contributed by atoms with Crippen molar-refractivity contribution in [3.63, 3.8) is 0 Å². The summed E-state index contributed by atoms with van der Waals surface area (Å²) in [6.07, 6.45) is -5.82. The third-order valence-corrected chi connectivity index (χ3v) is 4.92. The molecule has 0 aliphatic rings. The summed E-state index contributed by atoms with van der Waals surface area (Å²) in [6, 6.07) is 5.43. The predicted molar refractivity (Wildman–Crippen MR) is 75.2 cm³/mol. The van der Waals surface area contributed by atoms with Gasteiger partial charge in [-0.25, -0.2) is 0 Å². The Hall–Kier alpha value is -0.370. The molecule has 1 aromatic heterocycles. The van der Waals surface area contributed by atoms with Crippen LogP contribution in [0.5, 0.6) is 0 Å². The van der Waals surface area contributed by atoms with E-state index < -0.39 is 17.8 Å². The molecule has 7 heteroatoms. The van der Waals surface area contributed by atoms with Gasteiger partial charge in [0.15, 0.2) is 0 Å². The van der Waals surface area contributed by atoms with Gasteiger partial charge in [-0.05, 0) is 45.1 Å². The Morgan fingerprint density at radius 2 is 1.84 bits per heavy atom. The number of halogens is 5. The molecule has 0 saturated carbocycles. The highest BCUT2D eigenvalue weighted by Gasteiger charge is 2.36. The van der Waals surface area contributed by atoms with Crippen molar-refractivity contribution in [2.75, 3.05) is 0 Å². The average molecular weight is 416 g/mol. The summed E-state index contributed by atoms with van der Waals surface area (Å²) in [5, 5.41) is 11.9. The van der Waals surface area contributed by atoms with E-state index in [1.165, 1.54) is 23.5 Å². The Labute approximate surface area is 128 Å². The van der Waals surface area contributed by atoms with Gasteiger partial charge in [0.25, 0.3) is 0 Å². The number of benzene rings is 1. The van der Waals surface area contributed by atoms with E-state index >= 15 is 0 Å². The number of thiophene rings is 1. The third-order valence-electron chi connectivity index (χ3n) is 2.51. The van der Waals surface area contributed by atoms with Crippen LogP contribution in [-0.4, -0.2) is 5.11 Å². The van der Waals surface area contributed by atoms with Gasteiger partial charge < -0.3 is 5.11 Å². The Balaban J connectivity index is 2.54. The SMILES string of the molecule is OC(c1ccc(Br)cc1C(F)(F)F)c1sccc1Br. The highest BCUT2D eigenvalue weighted by Crippen LogP contribution is 2.40. The van der Waals surface area contributed by atoms with Crippen LogP contribution in [0.3, 0.4) is 0 Å².